The summed E-state index contributed by atoms with van der Waals surface area (Å²) >= 11 is 0. The van der Waals surface area contributed by atoms with Crippen molar-refractivity contribution in [2.75, 3.05) is 11.9 Å². The fourth-order valence-electron chi connectivity index (χ4n) is 2.47. The quantitative estimate of drug-likeness (QED) is 0.488. The SMILES string of the molecule is O=[N+]([O-])c1cc(O)ccc1NCC1CCCCC1. The lowest BCUT2D eigenvalue weighted by Crippen LogP contribution is -2.17. The number of benzene rings is 1. The predicted octanol–water partition coefficient (Wildman–Crippen LogP) is 3.29. The molecule has 0 unspecified atom stereocenters. The molecule has 1 fully saturated rings. The van der Waals surface area contributed by atoms with Crippen LogP contribution in [-0.4, -0.2) is 16.6 Å². The Kier molecular flexibility index (Phi) is 4.02. The highest BCUT2D eigenvalue weighted by Crippen LogP contribution is 2.30. The second-order valence-corrected chi connectivity index (χ2v) is 4.84. The van der Waals surface area contributed by atoms with Crippen molar-refractivity contribution in [1.29, 1.82) is 0 Å². The van der Waals surface area contributed by atoms with Crippen LogP contribution in [0.15, 0.2) is 18.2 Å². The topological polar surface area (TPSA) is 75.4 Å². The zero-order valence-electron chi connectivity index (χ0n) is 10.3. The maximum atomic E-state index is 10.9. The molecule has 2 rings (SSSR count). The third-order valence-corrected chi connectivity index (χ3v) is 3.48. The summed E-state index contributed by atoms with van der Waals surface area (Å²) in [5.74, 6) is 0.525. The van der Waals surface area contributed by atoms with E-state index in [4.69, 9.17) is 0 Å². The van der Waals surface area contributed by atoms with Gasteiger partial charge in [0.25, 0.3) is 5.69 Å². The maximum Gasteiger partial charge on any atom is 0.296 e. The molecule has 1 aromatic rings. The molecular weight excluding hydrogens is 232 g/mol. The van der Waals surface area contributed by atoms with Crippen LogP contribution < -0.4 is 5.32 Å². The third kappa shape index (κ3) is 3.12. The molecule has 1 saturated carbocycles. The van der Waals surface area contributed by atoms with Gasteiger partial charge in [-0.3, -0.25) is 10.1 Å². The van der Waals surface area contributed by atoms with Crippen molar-refractivity contribution >= 4 is 11.4 Å². The Hall–Kier alpha value is -1.78. The van der Waals surface area contributed by atoms with Gasteiger partial charge in [-0.2, -0.15) is 0 Å². The summed E-state index contributed by atoms with van der Waals surface area (Å²) in [7, 11) is 0. The van der Waals surface area contributed by atoms with E-state index in [1.165, 1.54) is 44.2 Å². The molecule has 1 aromatic carbocycles. The Morgan fingerprint density at radius 1 is 1.33 bits per heavy atom. The largest absolute Gasteiger partial charge is 0.508 e. The normalized spacial score (nSPS) is 16.4. The molecule has 5 nitrogen and oxygen atoms in total. The molecular formula is C13H18N2O3. The average molecular weight is 250 g/mol. The van der Waals surface area contributed by atoms with Crippen molar-refractivity contribution in [2.24, 2.45) is 5.92 Å². The molecule has 0 aromatic heterocycles. The molecule has 0 aliphatic heterocycles. The first-order chi connectivity index (χ1) is 8.66. The van der Waals surface area contributed by atoms with Gasteiger partial charge in [0.15, 0.2) is 0 Å². The van der Waals surface area contributed by atoms with Gasteiger partial charge in [-0.05, 0) is 30.9 Å². The molecule has 1 aliphatic carbocycles. The first kappa shape index (κ1) is 12.7. The van der Waals surface area contributed by atoms with Gasteiger partial charge < -0.3 is 10.4 Å². The number of nitro benzene ring substituents is 1. The lowest BCUT2D eigenvalue weighted by atomic mass is 9.89. The van der Waals surface area contributed by atoms with Gasteiger partial charge >= 0.3 is 0 Å². The predicted molar refractivity (Wildman–Crippen MR) is 69.8 cm³/mol. The minimum absolute atomic E-state index is 0.0641. The summed E-state index contributed by atoms with van der Waals surface area (Å²) in [6.07, 6.45) is 6.20. The van der Waals surface area contributed by atoms with E-state index in [0.29, 0.717) is 11.6 Å². The molecule has 0 heterocycles. The highest BCUT2D eigenvalue weighted by atomic mass is 16.6. The van der Waals surface area contributed by atoms with E-state index in [-0.39, 0.29) is 11.4 Å². The number of hydrogen-bond acceptors (Lipinski definition) is 4. The van der Waals surface area contributed by atoms with Crippen molar-refractivity contribution < 1.29 is 10.0 Å². The molecule has 0 radical (unpaired) electrons. The van der Waals surface area contributed by atoms with Gasteiger partial charge in [0.1, 0.15) is 11.4 Å². The van der Waals surface area contributed by atoms with E-state index < -0.39 is 4.92 Å². The van der Waals surface area contributed by atoms with Crippen molar-refractivity contribution in [1.82, 2.24) is 0 Å². The van der Waals surface area contributed by atoms with E-state index >= 15 is 0 Å². The molecule has 0 bridgehead atoms. The van der Waals surface area contributed by atoms with Crippen LogP contribution >= 0.6 is 0 Å². The highest BCUT2D eigenvalue weighted by Gasteiger charge is 2.17. The standard InChI is InChI=1S/C13H18N2O3/c16-11-6-7-12(13(8-11)15(17)18)14-9-10-4-2-1-3-5-10/h6-8,10,14,16H,1-5,9H2. The smallest absolute Gasteiger partial charge is 0.296 e. The van der Waals surface area contributed by atoms with E-state index in [1.54, 1.807) is 6.07 Å². The number of hydrogen-bond donors (Lipinski definition) is 2. The van der Waals surface area contributed by atoms with Crippen LogP contribution in [-0.2, 0) is 0 Å². The molecule has 2 N–H and O–H groups in total. The van der Waals surface area contributed by atoms with Crippen molar-refractivity contribution in [3.8, 4) is 5.75 Å². The number of nitrogens with one attached hydrogen (secondary N) is 1. The molecule has 0 saturated heterocycles. The summed E-state index contributed by atoms with van der Waals surface area (Å²) in [5, 5.41) is 23.3. The molecule has 0 spiro atoms. The van der Waals surface area contributed by atoms with Gasteiger partial charge in [-0.1, -0.05) is 19.3 Å². The zero-order chi connectivity index (χ0) is 13.0. The Morgan fingerprint density at radius 2 is 2.06 bits per heavy atom. The minimum atomic E-state index is -0.469. The fourth-order valence-corrected chi connectivity index (χ4v) is 2.47. The number of nitrogens with zero attached hydrogens (tertiary/aromatic N) is 1. The van der Waals surface area contributed by atoms with Crippen LogP contribution in [0.2, 0.25) is 0 Å². The number of phenols is 1. The number of aromatic hydroxyl groups is 1. The van der Waals surface area contributed by atoms with Gasteiger partial charge in [-0.15, -0.1) is 0 Å². The molecule has 1 aliphatic rings. The average Bonchev–Trinajstić information content (AvgIpc) is 2.38. The van der Waals surface area contributed by atoms with Gasteiger partial charge in [-0.25, -0.2) is 0 Å². The summed E-state index contributed by atoms with van der Waals surface area (Å²) in [6, 6.07) is 4.22. The van der Waals surface area contributed by atoms with Gasteiger partial charge in [0.2, 0.25) is 0 Å². The Morgan fingerprint density at radius 3 is 2.72 bits per heavy atom. The number of rotatable bonds is 4. The van der Waals surface area contributed by atoms with E-state index in [9.17, 15) is 15.2 Å². The molecule has 0 amide bonds. The summed E-state index contributed by atoms with van der Waals surface area (Å²) in [5.41, 5.74) is 0.425. The molecule has 98 valence electrons. The van der Waals surface area contributed by atoms with Crippen LogP contribution in [0.4, 0.5) is 11.4 Å². The van der Waals surface area contributed by atoms with Crippen molar-refractivity contribution in [3.05, 3.63) is 28.3 Å². The Balaban J connectivity index is 2.01. The molecule has 18 heavy (non-hydrogen) atoms. The second kappa shape index (κ2) is 5.71. The van der Waals surface area contributed by atoms with Crippen LogP contribution in [0, 0.1) is 16.0 Å². The van der Waals surface area contributed by atoms with Crippen molar-refractivity contribution in [3.63, 3.8) is 0 Å². The lowest BCUT2D eigenvalue weighted by Gasteiger charge is -2.22. The van der Waals surface area contributed by atoms with Crippen molar-refractivity contribution in [2.45, 2.75) is 32.1 Å². The van der Waals surface area contributed by atoms with Crippen LogP contribution in [0.1, 0.15) is 32.1 Å². The first-order valence-corrected chi connectivity index (χ1v) is 6.38. The minimum Gasteiger partial charge on any atom is -0.508 e. The third-order valence-electron chi connectivity index (χ3n) is 3.48. The second-order valence-electron chi connectivity index (χ2n) is 4.84. The Labute approximate surface area is 106 Å². The number of anilines is 1. The van der Waals surface area contributed by atoms with E-state index in [2.05, 4.69) is 5.32 Å². The van der Waals surface area contributed by atoms with E-state index in [0.717, 1.165) is 6.54 Å². The fraction of sp³-hybridized carbons (Fsp3) is 0.538. The molecule has 0 atom stereocenters. The van der Waals surface area contributed by atoms with Crippen LogP contribution in [0.3, 0.4) is 0 Å². The van der Waals surface area contributed by atoms with Crippen LogP contribution in [0.25, 0.3) is 0 Å². The molecule has 5 heteroatoms. The maximum absolute atomic E-state index is 10.9. The zero-order valence-corrected chi connectivity index (χ0v) is 10.3. The van der Waals surface area contributed by atoms with Gasteiger partial charge in [0.05, 0.1) is 11.0 Å². The number of nitro groups is 1. The van der Waals surface area contributed by atoms with E-state index in [1.807, 2.05) is 0 Å². The van der Waals surface area contributed by atoms with Crippen LogP contribution in [0.5, 0.6) is 5.75 Å². The first-order valence-electron chi connectivity index (χ1n) is 6.38. The Bertz CT molecular complexity index is 428. The van der Waals surface area contributed by atoms with Gasteiger partial charge in [0, 0.05) is 6.54 Å². The number of phenolic OH excluding ortho intramolecular Hbond substituents is 1. The lowest BCUT2D eigenvalue weighted by molar-refractivity contribution is -0.384. The summed E-state index contributed by atoms with van der Waals surface area (Å²) in [4.78, 5) is 10.4. The summed E-state index contributed by atoms with van der Waals surface area (Å²) < 4.78 is 0. The highest BCUT2D eigenvalue weighted by molar-refractivity contribution is 5.63. The summed E-state index contributed by atoms with van der Waals surface area (Å²) in [6.45, 7) is 0.769. The monoisotopic (exact) mass is 250 g/mol.